The molecule has 2 nitrogen and oxygen atoms in total. The van der Waals surface area contributed by atoms with Crippen LogP contribution < -0.4 is 0 Å². The first-order valence-corrected chi connectivity index (χ1v) is 12.0. The van der Waals surface area contributed by atoms with E-state index < -0.39 is 8.32 Å². The summed E-state index contributed by atoms with van der Waals surface area (Å²) >= 11 is 0. The molecule has 0 N–H and O–H groups in total. The highest BCUT2D eigenvalue weighted by molar-refractivity contribution is 6.75. The first-order chi connectivity index (χ1) is 10.2. The fourth-order valence-corrected chi connectivity index (χ4v) is 6.73. The van der Waals surface area contributed by atoms with Crippen LogP contribution in [0.5, 0.6) is 0 Å². The van der Waals surface area contributed by atoms with Crippen molar-refractivity contribution in [2.75, 3.05) is 0 Å². The molecule has 0 aromatic rings. The third-order valence-corrected chi connectivity index (χ3v) is 12.1. The van der Waals surface area contributed by atoms with E-state index in [1.54, 1.807) is 0 Å². The maximum atomic E-state index is 12.9. The molecule has 0 heterocycles. The Morgan fingerprint density at radius 2 is 1.68 bits per heavy atom. The molecule has 4 bridgehead atoms. The van der Waals surface area contributed by atoms with Crippen molar-refractivity contribution >= 4 is 14.3 Å². The summed E-state index contributed by atoms with van der Waals surface area (Å²) in [5.41, 5.74) is 0. The quantitative estimate of drug-likeness (QED) is 0.421. The minimum atomic E-state index is -1.98. The van der Waals surface area contributed by atoms with E-state index in [4.69, 9.17) is 4.43 Å². The van der Waals surface area contributed by atoms with Gasteiger partial charge in [0, 0.05) is 0 Å². The fraction of sp³-hybridized carbons (Fsp3) is 0.842. The molecule has 4 rings (SSSR count). The topological polar surface area (TPSA) is 26.3 Å². The van der Waals surface area contributed by atoms with Gasteiger partial charge in [-0.25, -0.2) is 0 Å². The summed E-state index contributed by atoms with van der Waals surface area (Å²) in [5, 5.41) is 0.109. The van der Waals surface area contributed by atoms with Gasteiger partial charge in [0.15, 0.2) is 0 Å². The van der Waals surface area contributed by atoms with Gasteiger partial charge in [-0.05, 0) is 72.9 Å². The van der Waals surface area contributed by atoms with Gasteiger partial charge in [-0.2, -0.15) is 0 Å². The van der Waals surface area contributed by atoms with Crippen LogP contribution in [-0.4, -0.2) is 14.3 Å². The maximum absolute atomic E-state index is 12.9. The van der Waals surface area contributed by atoms with Crippen LogP contribution in [0, 0.1) is 41.4 Å². The second kappa shape index (κ2) is 4.49. The largest absolute Gasteiger partial charge is 0.519 e. The van der Waals surface area contributed by atoms with Gasteiger partial charge in [-0.1, -0.05) is 32.9 Å². The number of carbonyl (C=O) groups excluding carboxylic acids is 1. The van der Waals surface area contributed by atoms with Gasteiger partial charge in [0.05, 0.1) is 5.92 Å². The summed E-state index contributed by atoms with van der Waals surface area (Å²) in [5.74, 6) is 5.06. The van der Waals surface area contributed by atoms with Crippen LogP contribution in [0.3, 0.4) is 0 Å². The zero-order valence-electron chi connectivity index (χ0n) is 14.6. The molecule has 0 aliphatic heterocycles. The van der Waals surface area contributed by atoms with Crippen molar-refractivity contribution in [3.05, 3.63) is 12.2 Å². The Balaban J connectivity index is 1.50. The number of hydrogen-bond acceptors (Lipinski definition) is 2. The lowest BCUT2D eigenvalue weighted by Gasteiger charge is -2.39. The molecule has 3 heteroatoms. The van der Waals surface area contributed by atoms with E-state index in [1.807, 2.05) is 0 Å². The van der Waals surface area contributed by atoms with Crippen molar-refractivity contribution in [3.8, 4) is 0 Å². The molecule has 3 saturated carbocycles. The Hall–Kier alpha value is -0.573. The van der Waals surface area contributed by atoms with Crippen LogP contribution >= 0.6 is 0 Å². The van der Waals surface area contributed by atoms with Gasteiger partial charge in [-0.3, -0.25) is 4.79 Å². The zero-order valence-corrected chi connectivity index (χ0v) is 15.6. The molecular weight excluding hydrogens is 288 g/mol. The van der Waals surface area contributed by atoms with E-state index in [-0.39, 0.29) is 16.9 Å². The molecule has 4 aliphatic carbocycles. The lowest BCUT2D eigenvalue weighted by Crippen LogP contribution is -2.45. The number of rotatable bonds is 2. The molecule has 0 aromatic carbocycles. The SMILES string of the molecule is CC(C)(C)[Si](C)(C)OC(=O)C1CC2CC1C1C3C=CC(C3)C21. The second-order valence-electron chi connectivity index (χ2n) is 9.79. The summed E-state index contributed by atoms with van der Waals surface area (Å²) < 4.78 is 6.15. The average molecular weight is 319 g/mol. The lowest BCUT2D eigenvalue weighted by atomic mass is 9.69. The standard InChI is InChI=1S/C19H30O2Si/c1-19(2,3)22(4,5)21-18(20)15-10-13-9-14(15)17-12-7-6-11(8-12)16(13)17/h6-7,11-17H,8-10H2,1-5H3. The molecule has 0 radical (unpaired) electrons. The predicted octanol–water partition coefficient (Wildman–Crippen LogP) is 4.63. The third kappa shape index (κ3) is 1.93. The van der Waals surface area contributed by atoms with Gasteiger partial charge in [0.2, 0.25) is 0 Å². The van der Waals surface area contributed by atoms with Gasteiger partial charge >= 0.3 is 0 Å². The van der Waals surface area contributed by atoms with Crippen molar-refractivity contribution in [3.63, 3.8) is 0 Å². The van der Waals surface area contributed by atoms with Crippen LogP contribution in [0.25, 0.3) is 0 Å². The predicted molar refractivity (Wildman–Crippen MR) is 90.7 cm³/mol. The molecule has 7 atom stereocenters. The molecule has 22 heavy (non-hydrogen) atoms. The number of carbonyl (C=O) groups is 1. The Bertz CT molecular complexity index is 530. The monoisotopic (exact) mass is 318 g/mol. The van der Waals surface area contributed by atoms with Gasteiger partial charge in [0.1, 0.15) is 0 Å². The Morgan fingerprint density at radius 3 is 2.32 bits per heavy atom. The molecule has 4 aliphatic rings. The number of allylic oxidation sites excluding steroid dienone is 2. The van der Waals surface area contributed by atoms with Crippen LogP contribution in [0.15, 0.2) is 12.2 Å². The molecule has 0 aromatic heterocycles. The van der Waals surface area contributed by atoms with Crippen molar-refractivity contribution in [1.29, 1.82) is 0 Å². The van der Waals surface area contributed by atoms with Crippen LogP contribution in [-0.2, 0) is 9.22 Å². The first-order valence-electron chi connectivity index (χ1n) is 9.10. The minimum absolute atomic E-state index is 0.109. The lowest BCUT2D eigenvalue weighted by molar-refractivity contribution is -0.143. The van der Waals surface area contributed by atoms with Crippen molar-refractivity contribution in [2.24, 2.45) is 41.4 Å². The molecule has 0 spiro atoms. The molecule has 122 valence electrons. The first kappa shape index (κ1) is 15.0. The Kier molecular flexibility index (Phi) is 3.06. The summed E-state index contributed by atoms with van der Waals surface area (Å²) in [6, 6.07) is 0. The highest BCUT2D eigenvalue weighted by Crippen LogP contribution is 2.67. The third-order valence-electron chi connectivity index (χ3n) is 7.73. The molecule has 0 amide bonds. The second-order valence-corrected chi connectivity index (χ2v) is 14.5. The molecule has 3 fully saturated rings. The maximum Gasteiger partial charge on any atom is 0.295 e. The summed E-state index contributed by atoms with van der Waals surface area (Å²) in [6.07, 6.45) is 8.68. The number of fused-ring (bicyclic) bond motifs is 9. The zero-order chi connectivity index (χ0) is 15.9. The van der Waals surface area contributed by atoms with Crippen LogP contribution in [0.4, 0.5) is 0 Å². The van der Waals surface area contributed by atoms with Crippen LogP contribution in [0.1, 0.15) is 40.0 Å². The summed E-state index contributed by atoms with van der Waals surface area (Å²) in [7, 11) is -1.98. The Morgan fingerprint density at radius 1 is 1.05 bits per heavy atom. The van der Waals surface area contributed by atoms with E-state index in [9.17, 15) is 4.79 Å². The Labute approximate surface area is 135 Å². The highest BCUT2D eigenvalue weighted by atomic mass is 28.4. The van der Waals surface area contributed by atoms with E-state index in [0.29, 0.717) is 5.92 Å². The van der Waals surface area contributed by atoms with Crippen molar-refractivity contribution in [2.45, 2.75) is 58.2 Å². The smallest absolute Gasteiger partial charge is 0.295 e. The minimum Gasteiger partial charge on any atom is -0.519 e. The van der Waals surface area contributed by atoms with Crippen LogP contribution in [0.2, 0.25) is 18.1 Å². The summed E-state index contributed by atoms with van der Waals surface area (Å²) in [4.78, 5) is 12.9. The normalized spacial score (nSPS) is 45.4. The van der Waals surface area contributed by atoms with E-state index >= 15 is 0 Å². The molecular formula is C19H30O2Si. The average Bonchev–Trinajstić information content (AvgIpc) is 3.15. The van der Waals surface area contributed by atoms with Gasteiger partial charge in [0.25, 0.3) is 14.3 Å². The number of hydrogen-bond donors (Lipinski definition) is 0. The van der Waals surface area contributed by atoms with Crippen molar-refractivity contribution < 1.29 is 9.22 Å². The van der Waals surface area contributed by atoms with E-state index in [0.717, 1.165) is 36.0 Å². The highest BCUT2D eigenvalue weighted by Gasteiger charge is 2.62. The summed E-state index contributed by atoms with van der Waals surface area (Å²) in [6.45, 7) is 11.0. The molecule has 7 unspecified atom stereocenters. The van der Waals surface area contributed by atoms with Crippen molar-refractivity contribution in [1.82, 2.24) is 0 Å². The van der Waals surface area contributed by atoms with Gasteiger partial charge < -0.3 is 4.43 Å². The van der Waals surface area contributed by atoms with E-state index in [2.05, 4.69) is 46.0 Å². The van der Waals surface area contributed by atoms with E-state index in [1.165, 1.54) is 12.8 Å². The van der Waals surface area contributed by atoms with Gasteiger partial charge in [-0.15, -0.1) is 0 Å². The molecule has 0 saturated heterocycles. The fourth-order valence-electron chi connectivity index (χ4n) is 5.77.